The number of rotatable bonds is 4. The average Bonchev–Trinajstić information content (AvgIpc) is 2.84. The molecule has 94 valence electrons. The minimum absolute atomic E-state index is 0.350. The highest BCUT2D eigenvalue weighted by molar-refractivity contribution is 7.91. The molecule has 4 nitrogen and oxygen atoms in total. The van der Waals surface area contributed by atoms with Crippen LogP contribution in [0.1, 0.15) is 19.3 Å². The molecule has 3 atom stereocenters. The lowest BCUT2D eigenvalue weighted by Gasteiger charge is -2.24. The van der Waals surface area contributed by atoms with Gasteiger partial charge in [0.25, 0.3) is 0 Å². The van der Waals surface area contributed by atoms with E-state index in [1.54, 1.807) is 0 Å². The maximum atomic E-state index is 11.4. The molecule has 3 unspecified atom stereocenters. The standard InChI is InChI=1S/C11H21NO3S/c1-12-11(10-2-4-15-7-10)6-9-3-5-16(13,14)8-9/h9-12H,2-8H2,1H3. The Morgan fingerprint density at radius 1 is 1.44 bits per heavy atom. The van der Waals surface area contributed by atoms with E-state index in [2.05, 4.69) is 5.32 Å². The summed E-state index contributed by atoms with van der Waals surface area (Å²) in [6.45, 7) is 1.68. The highest BCUT2D eigenvalue weighted by Gasteiger charge is 2.32. The van der Waals surface area contributed by atoms with E-state index in [1.807, 2.05) is 7.05 Å². The molecule has 2 aliphatic rings. The molecule has 2 aliphatic heterocycles. The van der Waals surface area contributed by atoms with Gasteiger partial charge < -0.3 is 10.1 Å². The predicted molar refractivity (Wildman–Crippen MR) is 63.2 cm³/mol. The van der Waals surface area contributed by atoms with E-state index in [-0.39, 0.29) is 0 Å². The summed E-state index contributed by atoms with van der Waals surface area (Å²) in [6, 6.07) is 0.417. The van der Waals surface area contributed by atoms with Crippen LogP contribution < -0.4 is 5.32 Å². The largest absolute Gasteiger partial charge is 0.381 e. The van der Waals surface area contributed by atoms with E-state index in [9.17, 15) is 8.42 Å². The van der Waals surface area contributed by atoms with Gasteiger partial charge >= 0.3 is 0 Å². The topological polar surface area (TPSA) is 55.4 Å². The van der Waals surface area contributed by atoms with Crippen LogP contribution >= 0.6 is 0 Å². The average molecular weight is 247 g/mol. The summed E-state index contributed by atoms with van der Waals surface area (Å²) < 4.78 is 28.2. The van der Waals surface area contributed by atoms with Crippen molar-refractivity contribution in [2.75, 3.05) is 31.8 Å². The molecular formula is C11H21NO3S. The molecule has 5 heteroatoms. The van der Waals surface area contributed by atoms with Crippen molar-refractivity contribution in [3.05, 3.63) is 0 Å². The van der Waals surface area contributed by atoms with Gasteiger partial charge in [0.1, 0.15) is 0 Å². The van der Waals surface area contributed by atoms with Gasteiger partial charge in [0.15, 0.2) is 9.84 Å². The van der Waals surface area contributed by atoms with Gasteiger partial charge in [-0.05, 0) is 38.1 Å². The van der Waals surface area contributed by atoms with Crippen LogP contribution in [-0.4, -0.2) is 46.2 Å². The quantitative estimate of drug-likeness (QED) is 0.783. The summed E-state index contributed by atoms with van der Waals surface area (Å²) in [5.74, 6) is 1.69. The van der Waals surface area contributed by atoms with Crippen LogP contribution in [0.15, 0.2) is 0 Å². The fraction of sp³-hybridized carbons (Fsp3) is 1.00. The maximum Gasteiger partial charge on any atom is 0.150 e. The molecular weight excluding hydrogens is 226 g/mol. The summed E-state index contributed by atoms with van der Waals surface area (Å²) in [4.78, 5) is 0. The molecule has 0 aromatic carbocycles. The molecule has 0 aliphatic carbocycles. The van der Waals surface area contributed by atoms with Gasteiger partial charge in [-0.25, -0.2) is 8.42 Å². The fourth-order valence-electron chi connectivity index (χ4n) is 2.83. The normalized spacial score (nSPS) is 35.3. The molecule has 2 heterocycles. The first-order chi connectivity index (χ1) is 7.61. The van der Waals surface area contributed by atoms with E-state index in [1.165, 1.54) is 0 Å². The zero-order valence-electron chi connectivity index (χ0n) is 9.81. The SMILES string of the molecule is CNC(CC1CCS(=O)(=O)C1)C1CCOC1. The second-order valence-electron chi connectivity index (χ2n) is 5.02. The van der Waals surface area contributed by atoms with Crippen molar-refractivity contribution < 1.29 is 13.2 Å². The monoisotopic (exact) mass is 247 g/mol. The Labute approximate surface area is 97.7 Å². The van der Waals surface area contributed by atoms with Crippen LogP contribution in [0.4, 0.5) is 0 Å². The van der Waals surface area contributed by atoms with E-state index >= 15 is 0 Å². The van der Waals surface area contributed by atoms with Crippen molar-refractivity contribution in [1.82, 2.24) is 5.32 Å². The maximum absolute atomic E-state index is 11.4. The molecule has 2 saturated heterocycles. The highest BCUT2D eigenvalue weighted by Crippen LogP contribution is 2.27. The molecule has 0 aromatic heterocycles. The Bertz CT molecular complexity index is 322. The Hall–Kier alpha value is -0.130. The second-order valence-corrected chi connectivity index (χ2v) is 7.25. The fourth-order valence-corrected chi connectivity index (χ4v) is 4.71. The van der Waals surface area contributed by atoms with Gasteiger partial charge in [0.2, 0.25) is 0 Å². The first-order valence-corrected chi connectivity index (χ1v) is 7.88. The third kappa shape index (κ3) is 2.96. The minimum Gasteiger partial charge on any atom is -0.381 e. The van der Waals surface area contributed by atoms with E-state index < -0.39 is 9.84 Å². The molecule has 0 spiro atoms. The summed E-state index contributed by atoms with van der Waals surface area (Å²) in [5, 5.41) is 3.32. The molecule has 0 amide bonds. The van der Waals surface area contributed by atoms with E-state index in [0.717, 1.165) is 32.5 Å². The predicted octanol–water partition coefficient (Wildman–Crippen LogP) is 0.436. The molecule has 0 radical (unpaired) electrons. The minimum atomic E-state index is -2.73. The van der Waals surface area contributed by atoms with Crippen LogP contribution in [0.5, 0.6) is 0 Å². The Morgan fingerprint density at radius 3 is 2.75 bits per heavy atom. The number of hydrogen-bond donors (Lipinski definition) is 1. The van der Waals surface area contributed by atoms with Crippen LogP contribution in [0.2, 0.25) is 0 Å². The van der Waals surface area contributed by atoms with Crippen LogP contribution in [0, 0.1) is 11.8 Å². The van der Waals surface area contributed by atoms with Crippen LogP contribution in [0.3, 0.4) is 0 Å². The zero-order chi connectivity index (χ0) is 11.6. The molecule has 2 fully saturated rings. The molecule has 0 bridgehead atoms. The van der Waals surface area contributed by atoms with E-state index in [0.29, 0.717) is 29.4 Å². The first-order valence-electron chi connectivity index (χ1n) is 6.06. The van der Waals surface area contributed by atoms with Gasteiger partial charge in [-0.1, -0.05) is 0 Å². The first kappa shape index (κ1) is 12.3. The second kappa shape index (κ2) is 5.02. The van der Waals surface area contributed by atoms with Crippen molar-refractivity contribution in [2.24, 2.45) is 11.8 Å². The van der Waals surface area contributed by atoms with Crippen molar-refractivity contribution in [3.8, 4) is 0 Å². The number of sulfone groups is 1. The zero-order valence-corrected chi connectivity index (χ0v) is 10.6. The molecule has 1 N–H and O–H groups in total. The Morgan fingerprint density at radius 2 is 2.25 bits per heavy atom. The van der Waals surface area contributed by atoms with Crippen LogP contribution in [0.25, 0.3) is 0 Å². The number of ether oxygens (including phenoxy) is 1. The lowest BCUT2D eigenvalue weighted by atomic mass is 9.90. The van der Waals surface area contributed by atoms with Gasteiger partial charge in [-0.3, -0.25) is 0 Å². The van der Waals surface area contributed by atoms with Crippen molar-refractivity contribution in [1.29, 1.82) is 0 Å². The molecule has 16 heavy (non-hydrogen) atoms. The molecule has 0 aromatic rings. The van der Waals surface area contributed by atoms with Gasteiger partial charge in [-0.15, -0.1) is 0 Å². The highest BCUT2D eigenvalue weighted by atomic mass is 32.2. The number of nitrogens with one attached hydrogen (secondary N) is 1. The summed E-state index contributed by atoms with van der Waals surface area (Å²) in [6.07, 6.45) is 2.92. The Kier molecular flexibility index (Phi) is 3.87. The lowest BCUT2D eigenvalue weighted by Crippen LogP contribution is -2.36. The third-order valence-electron chi connectivity index (χ3n) is 3.82. The summed E-state index contributed by atoms with van der Waals surface area (Å²) >= 11 is 0. The van der Waals surface area contributed by atoms with E-state index in [4.69, 9.17) is 4.74 Å². The number of hydrogen-bond acceptors (Lipinski definition) is 4. The lowest BCUT2D eigenvalue weighted by molar-refractivity contribution is 0.174. The molecule has 0 saturated carbocycles. The van der Waals surface area contributed by atoms with Gasteiger partial charge in [0, 0.05) is 12.6 Å². The van der Waals surface area contributed by atoms with Crippen molar-refractivity contribution in [3.63, 3.8) is 0 Å². The van der Waals surface area contributed by atoms with Crippen molar-refractivity contribution in [2.45, 2.75) is 25.3 Å². The van der Waals surface area contributed by atoms with Crippen molar-refractivity contribution >= 4 is 9.84 Å². The third-order valence-corrected chi connectivity index (χ3v) is 5.66. The Balaban J connectivity index is 1.87. The molecule has 2 rings (SSSR count). The van der Waals surface area contributed by atoms with Gasteiger partial charge in [0.05, 0.1) is 18.1 Å². The van der Waals surface area contributed by atoms with Crippen LogP contribution in [-0.2, 0) is 14.6 Å². The van der Waals surface area contributed by atoms with Gasteiger partial charge in [-0.2, -0.15) is 0 Å². The summed E-state index contributed by atoms with van der Waals surface area (Å²) in [7, 11) is -0.767. The smallest absolute Gasteiger partial charge is 0.150 e. The summed E-state index contributed by atoms with van der Waals surface area (Å²) in [5.41, 5.74) is 0.